The summed E-state index contributed by atoms with van der Waals surface area (Å²) in [5.74, 6) is 1.66. The number of rotatable bonds is 7. The van der Waals surface area contributed by atoms with E-state index in [0.29, 0.717) is 22.3 Å². The molecule has 4 rings (SSSR count). The molecule has 0 aliphatic heterocycles. The number of benzene rings is 3. The number of carbonyl (C=O) groups is 1. The third kappa shape index (κ3) is 5.13. The lowest BCUT2D eigenvalue weighted by atomic mass is 10.1. The number of methoxy groups -OCH3 is 1. The Morgan fingerprint density at radius 2 is 1.84 bits per heavy atom. The lowest BCUT2D eigenvalue weighted by Gasteiger charge is -2.12. The topological polar surface area (TPSA) is 86.5 Å². The van der Waals surface area contributed by atoms with Gasteiger partial charge in [-0.2, -0.15) is 0 Å². The third-order valence-corrected chi connectivity index (χ3v) is 5.73. The predicted octanol–water partition coefficient (Wildman–Crippen LogP) is 5.84. The van der Waals surface area contributed by atoms with Crippen LogP contribution in [0.5, 0.6) is 17.4 Å². The van der Waals surface area contributed by atoms with Gasteiger partial charge in [0.25, 0.3) is 0 Å². The van der Waals surface area contributed by atoms with Gasteiger partial charge in [0.2, 0.25) is 11.8 Å². The first-order chi connectivity index (χ1) is 15.6. The Morgan fingerprint density at radius 3 is 2.56 bits per heavy atom. The van der Waals surface area contributed by atoms with Crippen LogP contribution in [0, 0.1) is 0 Å². The molecule has 162 valence electrons. The first kappa shape index (κ1) is 22.0. The van der Waals surface area contributed by atoms with Crippen LogP contribution < -0.4 is 19.9 Å². The van der Waals surface area contributed by atoms with Crippen molar-refractivity contribution in [3.8, 4) is 17.4 Å². The van der Waals surface area contributed by atoms with E-state index in [2.05, 4.69) is 10.3 Å². The van der Waals surface area contributed by atoms with E-state index in [-0.39, 0.29) is 12.3 Å². The number of fused-ring (bicyclic) bond motifs is 1. The molecule has 0 atom stereocenters. The van der Waals surface area contributed by atoms with Crippen molar-refractivity contribution in [1.82, 2.24) is 4.98 Å². The van der Waals surface area contributed by atoms with Crippen LogP contribution in [0.1, 0.15) is 5.56 Å². The molecule has 0 saturated carbocycles. The van der Waals surface area contributed by atoms with Crippen molar-refractivity contribution in [2.45, 2.75) is 11.3 Å². The molecule has 0 bridgehead atoms. The summed E-state index contributed by atoms with van der Waals surface area (Å²) in [5, 5.41) is 11.1. The quantitative estimate of drug-likeness (QED) is 0.333. The van der Waals surface area contributed by atoms with Gasteiger partial charge in [-0.25, -0.2) is 4.98 Å². The number of nitrogens with one attached hydrogen (secondary N) is 1. The number of nitrogens with zero attached hydrogens (tertiary/aromatic N) is 1. The van der Waals surface area contributed by atoms with E-state index in [1.54, 1.807) is 31.5 Å². The zero-order valence-electron chi connectivity index (χ0n) is 17.2. The molecule has 0 saturated heterocycles. The summed E-state index contributed by atoms with van der Waals surface area (Å²) >= 11 is 7.25. The number of amides is 1. The van der Waals surface area contributed by atoms with Crippen molar-refractivity contribution in [2.75, 3.05) is 12.4 Å². The van der Waals surface area contributed by atoms with Gasteiger partial charge in [0, 0.05) is 38.6 Å². The van der Waals surface area contributed by atoms with E-state index in [9.17, 15) is 4.79 Å². The van der Waals surface area contributed by atoms with Crippen molar-refractivity contribution in [2.24, 2.45) is 5.14 Å². The number of hydrogen-bond donors (Lipinski definition) is 2. The Balaban J connectivity index is 1.55. The highest BCUT2D eigenvalue weighted by Gasteiger charge is 2.11. The number of halogens is 1. The molecule has 8 heteroatoms. The molecular weight excluding hydrogens is 446 g/mol. The Morgan fingerprint density at radius 1 is 1.09 bits per heavy atom. The SMILES string of the molecule is COc1ccc(Oc2cc3c(SN)cc(NC(=O)Cc4ccccc4Cl)cc3cn2)cc1. The highest BCUT2D eigenvalue weighted by molar-refractivity contribution is 7.97. The molecule has 4 aromatic rings. The summed E-state index contributed by atoms with van der Waals surface area (Å²) in [7, 11) is 1.61. The van der Waals surface area contributed by atoms with Gasteiger partial charge >= 0.3 is 0 Å². The number of hydrogen-bond acceptors (Lipinski definition) is 6. The number of aromatic nitrogens is 1. The minimum absolute atomic E-state index is 0.169. The maximum atomic E-state index is 12.5. The first-order valence-corrected chi connectivity index (χ1v) is 11.0. The minimum atomic E-state index is -0.169. The molecule has 0 unspecified atom stereocenters. The second kappa shape index (κ2) is 9.91. The maximum absolute atomic E-state index is 12.5. The molecule has 0 spiro atoms. The van der Waals surface area contributed by atoms with Crippen LogP contribution in [-0.2, 0) is 11.2 Å². The number of nitrogens with two attached hydrogens (primary N) is 1. The molecule has 0 aliphatic carbocycles. The van der Waals surface area contributed by atoms with E-state index >= 15 is 0 Å². The van der Waals surface area contributed by atoms with Crippen LogP contribution >= 0.6 is 23.5 Å². The number of anilines is 1. The number of carbonyl (C=O) groups excluding carboxylic acids is 1. The van der Waals surface area contributed by atoms with Crippen molar-refractivity contribution < 1.29 is 14.3 Å². The molecule has 3 N–H and O–H groups in total. The predicted molar refractivity (Wildman–Crippen MR) is 129 cm³/mol. The Bertz CT molecular complexity index is 1270. The standard InChI is InChI=1S/C24H20ClN3O3S/c1-30-18-6-8-19(9-7-18)31-24-13-20-16(14-27-24)10-17(12-22(20)32-26)28-23(29)11-15-4-2-3-5-21(15)25/h2-10,12-14H,11,26H2,1H3,(H,28,29). The van der Waals surface area contributed by atoms with E-state index in [1.807, 2.05) is 48.5 Å². The maximum Gasteiger partial charge on any atom is 0.228 e. The summed E-state index contributed by atoms with van der Waals surface area (Å²) in [6, 6.07) is 20.0. The zero-order valence-corrected chi connectivity index (χ0v) is 18.7. The normalized spacial score (nSPS) is 10.7. The largest absolute Gasteiger partial charge is 0.497 e. The van der Waals surface area contributed by atoms with Crippen molar-refractivity contribution in [1.29, 1.82) is 0 Å². The van der Waals surface area contributed by atoms with Crippen LogP contribution in [0.15, 0.2) is 77.8 Å². The fraction of sp³-hybridized carbons (Fsp3) is 0.0833. The lowest BCUT2D eigenvalue weighted by molar-refractivity contribution is -0.115. The molecule has 32 heavy (non-hydrogen) atoms. The van der Waals surface area contributed by atoms with Gasteiger partial charge in [-0.3, -0.25) is 9.93 Å². The summed E-state index contributed by atoms with van der Waals surface area (Å²) in [5.41, 5.74) is 1.40. The number of pyridine rings is 1. The van der Waals surface area contributed by atoms with Gasteiger partial charge in [0.15, 0.2) is 0 Å². The molecule has 1 amide bonds. The van der Waals surface area contributed by atoms with Crippen LogP contribution in [0.25, 0.3) is 10.8 Å². The highest BCUT2D eigenvalue weighted by atomic mass is 35.5. The van der Waals surface area contributed by atoms with E-state index in [1.165, 1.54) is 0 Å². The van der Waals surface area contributed by atoms with E-state index in [0.717, 1.165) is 38.9 Å². The van der Waals surface area contributed by atoms with Gasteiger partial charge in [0.05, 0.1) is 13.5 Å². The minimum Gasteiger partial charge on any atom is -0.497 e. The van der Waals surface area contributed by atoms with Crippen molar-refractivity contribution in [3.63, 3.8) is 0 Å². The molecule has 0 fully saturated rings. The molecule has 1 aromatic heterocycles. The van der Waals surface area contributed by atoms with Crippen molar-refractivity contribution in [3.05, 3.63) is 83.5 Å². The molecule has 1 heterocycles. The van der Waals surface area contributed by atoms with Gasteiger partial charge < -0.3 is 14.8 Å². The molecule has 3 aromatic carbocycles. The van der Waals surface area contributed by atoms with Crippen LogP contribution in [0.2, 0.25) is 5.02 Å². The summed E-state index contributed by atoms with van der Waals surface area (Å²) in [6.07, 6.45) is 1.87. The second-order valence-electron chi connectivity index (χ2n) is 6.93. The fourth-order valence-corrected chi connectivity index (χ4v) is 3.91. The van der Waals surface area contributed by atoms with Gasteiger partial charge in [-0.15, -0.1) is 0 Å². The Kier molecular flexibility index (Phi) is 6.80. The first-order valence-electron chi connectivity index (χ1n) is 9.71. The summed E-state index contributed by atoms with van der Waals surface area (Å²) < 4.78 is 11.0. The second-order valence-corrected chi connectivity index (χ2v) is 8.01. The Hall–Kier alpha value is -3.26. The van der Waals surface area contributed by atoms with Crippen LogP contribution in [-0.4, -0.2) is 18.0 Å². The zero-order chi connectivity index (χ0) is 22.5. The molecule has 0 radical (unpaired) electrons. The van der Waals surface area contributed by atoms with E-state index < -0.39 is 0 Å². The van der Waals surface area contributed by atoms with Crippen LogP contribution in [0.4, 0.5) is 5.69 Å². The average Bonchev–Trinajstić information content (AvgIpc) is 2.80. The van der Waals surface area contributed by atoms with Gasteiger partial charge in [-0.1, -0.05) is 29.8 Å². The molecule has 6 nitrogen and oxygen atoms in total. The Labute approximate surface area is 194 Å². The van der Waals surface area contributed by atoms with Gasteiger partial charge in [0.1, 0.15) is 11.5 Å². The highest BCUT2D eigenvalue weighted by Crippen LogP contribution is 2.32. The average molecular weight is 466 g/mol. The van der Waals surface area contributed by atoms with Crippen molar-refractivity contribution >= 4 is 45.9 Å². The summed E-state index contributed by atoms with van der Waals surface area (Å²) in [6.45, 7) is 0. The molecular formula is C24H20ClN3O3S. The fourth-order valence-electron chi connectivity index (χ4n) is 3.21. The van der Waals surface area contributed by atoms with Crippen LogP contribution in [0.3, 0.4) is 0 Å². The third-order valence-electron chi connectivity index (χ3n) is 4.77. The number of ether oxygens (including phenoxy) is 2. The van der Waals surface area contributed by atoms with Gasteiger partial charge in [-0.05, 0) is 60.0 Å². The van der Waals surface area contributed by atoms with E-state index in [4.69, 9.17) is 26.2 Å². The smallest absolute Gasteiger partial charge is 0.228 e. The monoisotopic (exact) mass is 465 g/mol. The lowest BCUT2D eigenvalue weighted by Crippen LogP contribution is -2.14. The summed E-state index contributed by atoms with van der Waals surface area (Å²) in [4.78, 5) is 17.7. The molecule has 0 aliphatic rings.